The summed E-state index contributed by atoms with van der Waals surface area (Å²) in [5, 5.41) is 9.30. The van der Waals surface area contributed by atoms with Gasteiger partial charge in [0, 0.05) is 36.0 Å². The van der Waals surface area contributed by atoms with Gasteiger partial charge in [-0.25, -0.2) is 4.98 Å². The second-order valence-corrected chi connectivity index (χ2v) is 8.40. The summed E-state index contributed by atoms with van der Waals surface area (Å²) >= 11 is 0. The maximum Gasteiger partial charge on any atom is 0.573 e. The van der Waals surface area contributed by atoms with Crippen LogP contribution in [0.5, 0.6) is 5.75 Å². The third-order valence-electron chi connectivity index (χ3n) is 5.51. The molecule has 35 heavy (non-hydrogen) atoms. The van der Waals surface area contributed by atoms with Gasteiger partial charge in [-0.3, -0.25) is 4.79 Å². The summed E-state index contributed by atoms with van der Waals surface area (Å²) in [5.41, 5.74) is 2.29. The minimum absolute atomic E-state index is 0.165. The number of nitrogens with one attached hydrogen (secondary N) is 3. The number of aromatic nitrogens is 2. The monoisotopic (exact) mass is 485 g/mol. The van der Waals surface area contributed by atoms with Gasteiger partial charge < -0.3 is 20.7 Å². The molecule has 10 heteroatoms. The molecule has 0 bridgehead atoms. The Balaban J connectivity index is 1.63. The molecule has 0 aliphatic heterocycles. The molecule has 1 amide bonds. The maximum absolute atomic E-state index is 12.7. The molecule has 0 saturated heterocycles. The largest absolute Gasteiger partial charge is 0.573 e. The van der Waals surface area contributed by atoms with Crippen LogP contribution in [0.15, 0.2) is 54.6 Å². The zero-order chi connectivity index (χ0) is 24.8. The highest BCUT2D eigenvalue weighted by Gasteiger charge is 2.31. The maximum atomic E-state index is 12.7. The summed E-state index contributed by atoms with van der Waals surface area (Å²) in [6, 6.07) is 14.7. The second-order valence-electron chi connectivity index (χ2n) is 8.40. The van der Waals surface area contributed by atoms with E-state index in [0.29, 0.717) is 28.7 Å². The topological polar surface area (TPSA) is 88.2 Å². The fourth-order valence-electron chi connectivity index (χ4n) is 3.99. The van der Waals surface area contributed by atoms with Crippen LogP contribution in [0.2, 0.25) is 0 Å². The van der Waals surface area contributed by atoms with Crippen LogP contribution in [-0.4, -0.2) is 28.3 Å². The van der Waals surface area contributed by atoms with E-state index >= 15 is 0 Å². The van der Waals surface area contributed by atoms with E-state index in [1.165, 1.54) is 31.5 Å². The molecule has 4 rings (SSSR count). The van der Waals surface area contributed by atoms with Gasteiger partial charge in [-0.2, -0.15) is 4.98 Å². The zero-order valence-corrected chi connectivity index (χ0v) is 19.2. The second kappa shape index (κ2) is 10.6. The Bertz CT molecular complexity index is 1160. The van der Waals surface area contributed by atoms with E-state index in [-0.39, 0.29) is 17.7 Å². The zero-order valence-electron chi connectivity index (χ0n) is 19.2. The number of benzene rings is 2. The number of carbonyl (C=O) groups is 1. The number of hydrogen-bond acceptors (Lipinski definition) is 6. The lowest BCUT2D eigenvalue weighted by molar-refractivity contribution is -0.274. The number of ether oxygens (including phenoxy) is 1. The number of carbonyl (C=O) groups excluding carboxylic acids is 1. The van der Waals surface area contributed by atoms with Gasteiger partial charge in [-0.1, -0.05) is 31.4 Å². The first-order chi connectivity index (χ1) is 16.7. The molecule has 0 unspecified atom stereocenters. The Morgan fingerprint density at radius 2 is 1.69 bits per heavy atom. The SMILES string of the molecule is CC(=O)Nc1ccc(Nc2cc(-c3cccc(OC(F)(F)F)c3)nc(NC3CCCCC3)n2)cc1. The van der Waals surface area contributed by atoms with Crippen molar-refractivity contribution in [3.05, 3.63) is 54.6 Å². The Labute approximate surface area is 201 Å². The van der Waals surface area contributed by atoms with Crippen LogP contribution >= 0.6 is 0 Å². The van der Waals surface area contributed by atoms with Crippen molar-refractivity contribution in [1.29, 1.82) is 0 Å². The van der Waals surface area contributed by atoms with E-state index in [1.54, 1.807) is 36.4 Å². The minimum Gasteiger partial charge on any atom is -0.406 e. The molecule has 1 aliphatic carbocycles. The fourth-order valence-corrected chi connectivity index (χ4v) is 3.99. The summed E-state index contributed by atoms with van der Waals surface area (Å²) in [5.74, 6) is 0.386. The predicted octanol–water partition coefficient (Wildman–Crippen LogP) is 6.49. The van der Waals surface area contributed by atoms with Crippen LogP contribution in [0.25, 0.3) is 11.3 Å². The molecule has 184 valence electrons. The van der Waals surface area contributed by atoms with Crippen molar-refractivity contribution in [1.82, 2.24) is 9.97 Å². The van der Waals surface area contributed by atoms with Gasteiger partial charge >= 0.3 is 6.36 Å². The number of amides is 1. The summed E-state index contributed by atoms with van der Waals surface area (Å²) in [6.45, 7) is 1.43. The molecular formula is C25H26F3N5O2. The van der Waals surface area contributed by atoms with Gasteiger partial charge in [-0.05, 0) is 49.2 Å². The van der Waals surface area contributed by atoms with Crippen molar-refractivity contribution in [2.45, 2.75) is 51.4 Å². The molecule has 2 aromatic carbocycles. The van der Waals surface area contributed by atoms with Gasteiger partial charge in [0.15, 0.2) is 0 Å². The number of anilines is 4. The quantitative estimate of drug-likeness (QED) is 0.355. The molecule has 1 saturated carbocycles. The van der Waals surface area contributed by atoms with Crippen LogP contribution in [0.1, 0.15) is 39.0 Å². The lowest BCUT2D eigenvalue weighted by Crippen LogP contribution is -2.23. The smallest absolute Gasteiger partial charge is 0.406 e. The van der Waals surface area contributed by atoms with Crippen molar-refractivity contribution in [3.63, 3.8) is 0 Å². The van der Waals surface area contributed by atoms with Crippen molar-refractivity contribution in [2.24, 2.45) is 0 Å². The number of halogens is 3. The third kappa shape index (κ3) is 7.33. The van der Waals surface area contributed by atoms with Crippen LogP contribution in [-0.2, 0) is 4.79 Å². The van der Waals surface area contributed by atoms with Gasteiger partial charge in [0.25, 0.3) is 0 Å². The van der Waals surface area contributed by atoms with Crippen LogP contribution in [0, 0.1) is 0 Å². The minimum atomic E-state index is -4.78. The third-order valence-corrected chi connectivity index (χ3v) is 5.51. The molecule has 0 spiro atoms. The molecular weight excluding hydrogens is 459 g/mol. The fraction of sp³-hybridized carbons (Fsp3) is 0.320. The molecule has 1 aromatic heterocycles. The summed E-state index contributed by atoms with van der Waals surface area (Å²) in [4.78, 5) is 20.4. The van der Waals surface area contributed by atoms with Gasteiger partial charge in [0.05, 0.1) is 5.69 Å². The average molecular weight is 486 g/mol. The first kappa shape index (κ1) is 24.3. The lowest BCUT2D eigenvalue weighted by Gasteiger charge is -2.23. The van der Waals surface area contributed by atoms with Crippen LogP contribution in [0.3, 0.4) is 0 Å². The molecule has 0 radical (unpaired) electrons. The molecule has 1 aliphatic rings. The molecule has 0 atom stereocenters. The van der Waals surface area contributed by atoms with Crippen molar-refractivity contribution in [2.75, 3.05) is 16.0 Å². The lowest BCUT2D eigenvalue weighted by atomic mass is 9.96. The van der Waals surface area contributed by atoms with Gasteiger partial charge in [0.2, 0.25) is 11.9 Å². The molecule has 3 aromatic rings. The number of rotatable bonds is 7. The van der Waals surface area contributed by atoms with E-state index in [9.17, 15) is 18.0 Å². The standard InChI is InChI=1S/C25H26F3N5O2/c1-16(34)29-19-10-12-20(13-11-19)30-23-15-22(17-6-5-9-21(14-17)35-25(26,27)28)32-24(33-23)31-18-7-3-2-4-8-18/h5-6,9-15,18H,2-4,7-8H2,1H3,(H,29,34)(H2,30,31,32,33). The summed E-state index contributed by atoms with van der Waals surface area (Å²) in [7, 11) is 0. The molecule has 1 heterocycles. The average Bonchev–Trinajstić information content (AvgIpc) is 2.80. The van der Waals surface area contributed by atoms with Gasteiger partial charge in [0.1, 0.15) is 11.6 Å². The number of alkyl halides is 3. The number of hydrogen-bond donors (Lipinski definition) is 3. The summed E-state index contributed by atoms with van der Waals surface area (Å²) < 4.78 is 42.2. The molecule has 1 fully saturated rings. The molecule has 3 N–H and O–H groups in total. The Hall–Kier alpha value is -3.82. The Kier molecular flexibility index (Phi) is 7.38. The van der Waals surface area contributed by atoms with E-state index < -0.39 is 6.36 Å². The van der Waals surface area contributed by atoms with Crippen molar-refractivity contribution in [3.8, 4) is 17.0 Å². The van der Waals surface area contributed by atoms with E-state index in [2.05, 4.69) is 30.7 Å². The predicted molar refractivity (Wildman–Crippen MR) is 129 cm³/mol. The summed E-state index contributed by atoms with van der Waals surface area (Å²) in [6.07, 6.45) is 0.687. The van der Waals surface area contributed by atoms with E-state index in [4.69, 9.17) is 0 Å². The van der Waals surface area contributed by atoms with Crippen molar-refractivity contribution >= 4 is 29.0 Å². The highest BCUT2D eigenvalue weighted by molar-refractivity contribution is 5.88. The van der Waals surface area contributed by atoms with E-state index in [0.717, 1.165) is 31.4 Å². The van der Waals surface area contributed by atoms with E-state index in [1.807, 2.05) is 0 Å². The van der Waals surface area contributed by atoms with Crippen LogP contribution in [0.4, 0.5) is 36.3 Å². The van der Waals surface area contributed by atoms with Crippen molar-refractivity contribution < 1.29 is 22.7 Å². The first-order valence-electron chi connectivity index (χ1n) is 11.4. The Morgan fingerprint density at radius 3 is 2.37 bits per heavy atom. The number of nitrogens with zero attached hydrogens (tertiary/aromatic N) is 2. The normalized spacial score (nSPS) is 14.3. The van der Waals surface area contributed by atoms with Gasteiger partial charge in [-0.15, -0.1) is 13.2 Å². The highest BCUT2D eigenvalue weighted by atomic mass is 19.4. The highest BCUT2D eigenvalue weighted by Crippen LogP contribution is 2.30. The Morgan fingerprint density at radius 1 is 0.971 bits per heavy atom. The first-order valence-corrected chi connectivity index (χ1v) is 11.4. The molecule has 7 nitrogen and oxygen atoms in total. The van der Waals surface area contributed by atoms with Crippen LogP contribution < -0.4 is 20.7 Å².